The summed E-state index contributed by atoms with van der Waals surface area (Å²) in [6, 6.07) is 9.25. The molecular weight excluding hydrogens is 375 g/mol. The predicted molar refractivity (Wildman–Crippen MR) is 99.0 cm³/mol. The Hall–Kier alpha value is -2.76. The van der Waals surface area contributed by atoms with Crippen LogP contribution in [0.4, 0.5) is 15.9 Å². The molecule has 0 atom stereocenters. The number of nitrogens with one attached hydrogen (secondary N) is 1. The van der Waals surface area contributed by atoms with Crippen molar-refractivity contribution >= 4 is 34.9 Å². The summed E-state index contributed by atoms with van der Waals surface area (Å²) in [6.07, 6.45) is 2.85. The fourth-order valence-electron chi connectivity index (χ4n) is 2.32. The highest BCUT2D eigenvalue weighted by molar-refractivity contribution is 7.98. The van der Waals surface area contributed by atoms with E-state index in [0.717, 1.165) is 6.20 Å². The van der Waals surface area contributed by atoms with E-state index in [1.807, 2.05) is 12.3 Å². The van der Waals surface area contributed by atoms with E-state index in [1.54, 1.807) is 25.1 Å². The van der Waals surface area contributed by atoms with Gasteiger partial charge in [-0.05, 0) is 36.9 Å². The summed E-state index contributed by atoms with van der Waals surface area (Å²) in [4.78, 5) is 16.1. The lowest BCUT2D eigenvalue weighted by atomic mass is 10.1. The molecule has 1 aromatic carbocycles. The highest BCUT2D eigenvalue weighted by Crippen LogP contribution is 2.30. The van der Waals surface area contributed by atoms with Gasteiger partial charge in [0.1, 0.15) is 22.5 Å². The number of thioether (sulfide) groups is 1. The molecule has 3 aromatic rings. The Bertz CT molecular complexity index is 1020. The largest absolute Gasteiger partial charge is 0.338 e. The highest BCUT2D eigenvalue weighted by Gasteiger charge is 2.15. The van der Waals surface area contributed by atoms with Crippen LogP contribution >= 0.6 is 23.4 Å². The molecule has 26 heavy (non-hydrogen) atoms. The van der Waals surface area contributed by atoms with Gasteiger partial charge in [0.05, 0.1) is 11.9 Å². The number of hydrogen-bond acceptors (Lipinski definition) is 7. The Labute approximate surface area is 158 Å². The van der Waals surface area contributed by atoms with Gasteiger partial charge in [-0.2, -0.15) is 10.2 Å². The van der Waals surface area contributed by atoms with E-state index in [4.69, 9.17) is 11.6 Å². The maximum atomic E-state index is 13.8. The number of nitrogens with zero attached hydrogens (tertiary/aromatic N) is 5. The molecule has 0 fully saturated rings. The smallest absolute Gasteiger partial charge is 0.224 e. The predicted octanol–water partition coefficient (Wildman–Crippen LogP) is 4.37. The molecule has 6 nitrogen and oxygen atoms in total. The lowest BCUT2D eigenvalue weighted by Gasteiger charge is -2.11. The van der Waals surface area contributed by atoms with Gasteiger partial charge < -0.3 is 5.32 Å². The second-order valence-electron chi connectivity index (χ2n) is 5.16. The van der Waals surface area contributed by atoms with Crippen molar-refractivity contribution in [2.24, 2.45) is 0 Å². The van der Waals surface area contributed by atoms with Crippen LogP contribution in [-0.2, 0) is 0 Å². The lowest BCUT2D eigenvalue weighted by Crippen LogP contribution is -2.01. The standard InChI is InChI=1S/C17H12ClFN6S/c1-9-22-14(12(7-20)16(23-9)26-2)10-4-3-5-11(6-10)24-15-13(19)8-21-17(18)25-15/h3-6,8H,1-2H3,(H,21,24,25). The average molecular weight is 387 g/mol. The molecule has 0 aliphatic rings. The van der Waals surface area contributed by atoms with Crippen LogP contribution in [0.1, 0.15) is 11.4 Å². The van der Waals surface area contributed by atoms with Crippen molar-refractivity contribution in [3.8, 4) is 17.3 Å². The molecule has 130 valence electrons. The van der Waals surface area contributed by atoms with Crippen LogP contribution in [0.15, 0.2) is 35.5 Å². The fourth-order valence-corrected chi connectivity index (χ4v) is 3.02. The lowest BCUT2D eigenvalue weighted by molar-refractivity contribution is 0.619. The van der Waals surface area contributed by atoms with Crippen molar-refractivity contribution in [2.45, 2.75) is 11.9 Å². The summed E-state index contributed by atoms with van der Waals surface area (Å²) >= 11 is 7.10. The number of anilines is 2. The van der Waals surface area contributed by atoms with Crippen LogP contribution in [0.25, 0.3) is 11.3 Å². The van der Waals surface area contributed by atoms with Crippen LogP contribution in [0.3, 0.4) is 0 Å². The second-order valence-corrected chi connectivity index (χ2v) is 6.29. The minimum Gasteiger partial charge on any atom is -0.338 e. The van der Waals surface area contributed by atoms with Crippen LogP contribution in [-0.4, -0.2) is 26.2 Å². The third-order valence-electron chi connectivity index (χ3n) is 3.41. The third-order valence-corrected chi connectivity index (χ3v) is 4.27. The van der Waals surface area contributed by atoms with Crippen molar-refractivity contribution < 1.29 is 4.39 Å². The first-order chi connectivity index (χ1) is 12.5. The van der Waals surface area contributed by atoms with Crippen LogP contribution in [0, 0.1) is 24.1 Å². The average Bonchev–Trinajstić information content (AvgIpc) is 2.64. The SMILES string of the molecule is CSc1nc(C)nc(-c2cccc(Nc3nc(Cl)ncc3F)c2)c1C#N. The Morgan fingerprint density at radius 3 is 2.81 bits per heavy atom. The molecule has 0 bridgehead atoms. The highest BCUT2D eigenvalue weighted by atomic mass is 35.5. The first kappa shape index (κ1) is 18.0. The molecule has 2 heterocycles. The quantitative estimate of drug-likeness (QED) is 0.404. The summed E-state index contributed by atoms with van der Waals surface area (Å²) in [5, 5.41) is 12.9. The third kappa shape index (κ3) is 3.74. The number of aromatic nitrogens is 4. The number of hydrogen-bond donors (Lipinski definition) is 1. The molecule has 0 aliphatic carbocycles. The Morgan fingerprint density at radius 1 is 1.27 bits per heavy atom. The fraction of sp³-hybridized carbons (Fsp3) is 0.118. The zero-order chi connectivity index (χ0) is 18.7. The number of aryl methyl sites for hydroxylation is 1. The molecule has 9 heteroatoms. The van der Waals surface area contributed by atoms with Crippen molar-refractivity contribution in [3.05, 3.63) is 53.0 Å². The number of halogens is 2. The van der Waals surface area contributed by atoms with Crippen LogP contribution in [0.2, 0.25) is 5.28 Å². The molecule has 3 rings (SSSR count). The van der Waals surface area contributed by atoms with Crippen molar-refractivity contribution in [1.82, 2.24) is 19.9 Å². The topological polar surface area (TPSA) is 87.4 Å². The van der Waals surface area contributed by atoms with E-state index in [1.165, 1.54) is 11.8 Å². The molecular formula is C17H12ClFN6S. The maximum Gasteiger partial charge on any atom is 0.224 e. The maximum absolute atomic E-state index is 13.8. The van der Waals surface area contributed by atoms with Gasteiger partial charge in [0.25, 0.3) is 0 Å². The number of rotatable bonds is 4. The van der Waals surface area contributed by atoms with Crippen LogP contribution in [0.5, 0.6) is 0 Å². The minimum atomic E-state index is -0.625. The van der Waals surface area contributed by atoms with Gasteiger partial charge in [-0.1, -0.05) is 12.1 Å². The Morgan fingerprint density at radius 2 is 2.08 bits per heavy atom. The van der Waals surface area contributed by atoms with Gasteiger partial charge in [0.2, 0.25) is 5.28 Å². The molecule has 0 aliphatic heterocycles. The van der Waals surface area contributed by atoms with Gasteiger partial charge in [-0.3, -0.25) is 0 Å². The summed E-state index contributed by atoms with van der Waals surface area (Å²) in [5.41, 5.74) is 2.20. The monoisotopic (exact) mass is 386 g/mol. The van der Waals surface area contributed by atoms with E-state index in [9.17, 15) is 9.65 Å². The van der Waals surface area contributed by atoms with Crippen molar-refractivity contribution in [1.29, 1.82) is 5.26 Å². The van der Waals surface area contributed by atoms with E-state index in [2.05, 4.69) is 31.3 Å². The Balaban J connectivity index is 2.05. The van der Waals surface area contributed by atoms with Gasteiger partial charge in [-0.15, -0.1) is 11.8 Å². The second kappa shape index (κ2) is 7.64. The van der Waals surface area contributed by atoms with E-state index in [-0.39, 0.29) is 11.1 Å². The summed E-state index contributed by atoms with van der Waals surface area (Å²) in [6.45, 7) is 1.77. The zero-order valence-electron chi connectivity index (χ0n) is 13.8. The summed E-state index contributed by atoms with van der Waals surface area (Å²) in [7, 11) is 0. The summed E-state index contributed by atoms with van der Waals surface area (Å²) in [5.74, 6) is -0.0956. The number of benzene rings is 1. The van der Waals surface area contributed by atoms with Crippen molar-refractivity contribution in [3.63, 3.8) is 0 Å². The molecule has 0 radical (unpaired) electrons. The molecule has 2 aromatic heterocycles. The number of nitriles is 1. The molecule has 0 unspecified atom stereocenters. The normalized spacial score (nSPS) is 10.4. The van der Waals surface area contributed by atoms with Crippen molar-refractivity contribution in [2.75, 3.05) is 11.6 Å². The first-order valence-corrected chi connectivity index (χ1v) is 9.00. The molecule has 0 saturated heterocycles. The Kier molecular flexibility index (Phi) is 5.30. The van der Waals surface area contributed by atoms with Gasteiger partial charge in [-0.25, -0.2) is 19.3 Å². The zero-order valence-corrected chi connectivity index (χ0v) is 15.4. The van der Waals surface area contributed by atoms with Gasteiger partial charge in [0.15, 0.2) is 11.6 Å². The molecule has 1 N–H and O–H groups in total. The molecule has 0 spiro atoms. The van der Waals surface area contributed by atoms with Gasteiger partial charge in [0, 0.05) is 11.3 Å². The van der Waals surface area contributed by atoms with Crippen LogP contribution < -0.4 is 5.32 Å². The molecule has 0 amide bonds. The van der Waals surface area contributed by atoms with Gasteiger partial charge >= 0.3 is 0 Å². The molecule has 0 saturated carbocycles. The van der Waals surface area contributed by atoms with E-state index in [0.29, 0.717) is 33.4 Å². The van der Waals surface area contributed by atoms with E-state index >= 15 is 0 Å². The van der Waals surface area contributed by atoms with E-state index < -0.39 is 5.82 Å². The summed E-state index contributed by atoms with van der Waals surface area (Å²) < 4.78 is 13.8. The first-order valence-electron chi connectivity index (χ1n) is 7.40. The minimum absolute atomic E-state index is 0.0358.